The van der Waals surface area contributed by atoms with Crippen molar-refractivity contribution in [2.24, 2.45) is 45.3 Å². The fourth-order valence-corrected chi connectivity index (χ4v) is 9.09. The third-order valence-corrected chi connectivity index (χ3v) is 11.3. The second-order valence-corrected chi connectivity index (χ2v) is 13.1. The van der Waals surface area contributed by atoms with Gasteiger partial charge >= 0.3 is 5.97 Å². The van der Waals surface area contributed by atoms with Gasteiger partial charge in [0.2, 0.25) is 0 Å². The minimum absolute atomic E-state index is 0.00218. The highest BCUT2D eigenvalue weighted by molar-refractivity contribution is 5.92. The number of carboxylic acid groups (broad SMARTS) is 1. The van der Waals surface area contributed by atoms with Crippen LogP contribution in [0.25, 0.3) is 0 Å². The fourth-order valence-electron chi connectivity index (χ4n) is 9.09. The van der Waals surface area contributed by atoms with Crippen LogP contribution in [0.3, 0.4) is 0 Å². The van der Waals surface area contributed by atoms with Crippen molar-refractivity contribution in [2.45, 2.75) is 99.5 Å². The van der Waals surface area contributed by atoms with Crippen molar-refractivity contribution >= 4 is 11.8 Å². The van der Waals surface area contributed by atoms with Gasteiger partial charge in [-0.1, -0.05) is 57.9 Å². The maximum Gasteiger partial charge on any atom is 0.306 e. The van der Waals surface area contributed by atoms with E-state index in [1.165, 1.54) is 11.1 Å². The van der Waals surface area contributed by atoms with Crippen molar-refractivity contribution in [3.8, 4) is 0 Å². The van der Waals surface area contributed by atoms with Gasteiger partial charge in [-0.05, 0) is 87.4 Å². The molecule has 4 aliphatic carbocycles. The van der Waals surface area contributed by atoms with E-state index in [0.717, 1.165) is 38.5 Å². The van der Waals surface area contributed by atoms with Crippen molar-refractivity contribution in [3.05, 3.63) is 23.3 Å². The highest BCUT2D eigenvalue weighted by Gasteiger charge is 2.70. The molecule has 0 radical (unpaired) electrons. The number of hydrogen-bond acceptors (Lipinski definition) is 3. The van der Waals surface area contributed by atoms with Crippen molar-refractivity contribution < 1.29 is 19.8 Å². The third-order valence-electron chi connectivity index (χ3n) is 11.3. The van der Waals surface area contributed by atoms with E-state index < -0.39 is 22.9 Å². The second kappa shape index (κ2) is 7.80. The van der Waals surface area contributed by atoms with Crippen molar-refractivity contribution in [2.75, 3.05) is 0 Å². The second-order valence-electron chi connectivity index (χ2n) is 13.1. The Labute approximate surface area is 199 Å². The molecule has 0 aliphatic heterocycles. The number of aliphatic hydroxyl groups is 1. The van der Waals surface area contributed by atoms with Gasteiger partial charge in [0.05, 0.1) is 5.92 Å². The summed E-state index contributed by atoms with van der Waals surface area (Å²) in [6, 6.07) is 0. The third kappa shape index (κ3) is 3.18. The molecule has 0 bridgehead atoms. The molecule has 0 spiro atoms. The molecule has 0 aromatic rings. The molecule has 4 aliphatic rings. The molecule has 33 heavy (non-hydrogen) atoms. The number of Topliss-reactive ketones (excluding diaryl/α,β-unsaturated/α-hetero) is 1. The van der Waals surface area contributed by atoms with Crippen LogP contribution in [0.15, 0.2) is 23.3 Å². The number of ketones is 1. The summed E-state index contributed by atoms with van der Waals surface area (Å²) in [7, 11) is 0. The number of carbonyl (C=O) groups excluding carboxylic acids is 1. The molecule has 2 N–H and O–H groups in total. The zero-order valence-corrected chi connectivity index (χ0v) is 21.7. The Morgan fingerprint density at radius 1 is 1.15 bits per heavy atom. The Hall–Kier alpha value is -1.42. The van der Waals surface area contributed by atoms with E-state index in [9.17, 15) is 19.8 Å². The van der Waals surface area contributed by atoms with Gasteiger partial charge in [0.1, 0.15) is 6.10 Å². The molecular formula is C29H44O4. The molecular weight excluding hydrogens is 412 g/mol. The SMILES string of the molecule is CC(C)=CCC[C@@H](C(=O)O)[C@@H]1CC[C@]2(C)C3=CC[C@H]4C(C)(C)C(=O)[C@@H](O)[C@]4(C)[C@H]3CC[C@@]12C. The maximum absolute atomic E-state index is 13.1. The number of fused-ring (bicyclic) bond motifs is 5. The van der Waals surface area contributed by atoms with Gasteiger partial charge in [-0.2, -0.15) is 0 Å². The lowest BCUT2D eigenvalue weighted by atomic mass is 9.44. The molecule has 4 rings (SSSR count). The van der Waals surface area contributed by atoms with E-state index in [1.54, 1.807) is 0 Å². The summed E-state index contributed by atoms with van der Waals surface area (Å²) >= 11 is 0. The molecule has 0 heterocycles. The van der Waals surface area contributed by atoms with Crippen LogP contribution >= 0.6 is 0 Å². The molecule has 0 saturated heterocycles. The monoisotopic (exact) mass is 456 g/mol. The van der Waals surface area contributed by atoms with Crippen LogP contribution in [-0.2, 0) is 9.59 Å². The van der Waals surface area contributed by atoms with Gasteiger partial charge < -0.3 is 10.2 Å². The number of aliphatic hydroxyl groups excluding tert-OH is 1. The van der Waals surface area contributed by atoms with Crippen LogP contribution in [0.1, 0.15) is 93.4 Å². The fraction of sp³-hybridized carbons (Fsp3) is 0.793. The summed E-state index contributed by atoms with van der Waals surface area (Å²) in [6.07, 6.45) is 9.83. The standard InChI is InChI=1S/C29H44O4/c1-17(2)9-8-10-18(25(32)33)19-13-15-28(6)20-11-12-22-26(3,4)23(30)24(31)29(22,7)21(20)14-16-27(19,28)5/h9,11,18-19,21-22,24,31H,8,10,12-16H2,1-7H3,(H,32,33)/t18-,19+,21+,22+,24-,27+,28-,29-/m1/s1. The number of rotatable bonds is 5. The largest absolute Gasteiger partial charge is 0.481 e. The lowest BCUT2D eigenvalue weighted by Gasteiger charge is -2.59. The minimum atomic E-state index is -0.910. The Morgan fingerprint density at radius 3 is 2.42 bits per heavy atom. The van der Waals surface area contributed by atoms with E-state index in [-0.39, 0.29) is 40.3 Å². The molecule has 4 heteroatoms. The maximum atomic E-state index is 13.1. The summed E-state index contributed by atoms with van der Waals surface area (Å²) < 4.78 is 0. The molecule has 0 aromatic heterocycles. The highest BCUT2D eigenvalue weighted by atomic mass is 16.4. The molecule has 3 saturated carbocycles. The molecule has 8 atom stereocenters. The predicted octanol–water partition coefficient (Wildman–Crippen LogP) is 6.19. The van der Waals surface area contributed by atoms with Crippen molar-refractivity contribution in [3.63, 3.8) is 0 Å². The van der Waals surface area contributed by atoms with Crippen molar-refractivity contribution in [1.82, 2.24) is 0 Å². The highest BCUT2D eigenvalue weighted by Crippen LogP contribution is 2.73. The Balaban J connectivity index is 1.69. The van der Waals surface area contributed by atoms with E-state index in [0.29, 0.717) is 6.42 Å². The first-order valence-corrected chi connectivity index (χ1v) is 13.0. The van der Waals surface area contributed by atoms with Gasteiger partial charge in [0, 0.05) is 10.8 Å². The smallest absolute Gasteiger partial charge is 0.306 e. The van der Waals surface area contributed by atoms with Gasteiger partial charge in [0.15, 0.2) is 5.78 Å². The van der Waals surface area contributed by atoms with Crippen LogP contribution in [0, 0.1) is 45.3 Å². The molecule has 0 unspecified atom stereocenters. The van der Waals surface area contributed by atoms with Crippen LogP contribution in [0.2, 0.25) is 0 Å². The Bertz CT molecular complexity index is 909. The Morgan fingerprint density at radius 2 is 1.82 bits per heavy atom. The number of aliphatic carboxylic acids is 1. The van der Waals surface area contributed by atoms with Crippen LogP contribution in [0.4, 0.5) is 0 Å². The number of hydrogen-bond donors (Lipinski definition) is 2. The Kier molecular flexibility index (Phi) is 5.84. The molecule has 0 amide bonds. The molecule has 3 fully saturated rings. The molecule has 4 nitrogen and oxygen atoms in total. The van der Waals surface area contributed by atoms with E-state index in [2.05, 4.69) is 46.8 Å². The number of carbonyl (C=O) groups is 2. The van der Waals surface area contributed by atoms with E-state index >= 15 is 0 Å². The summed E-state index contributed by atoms with van der Waals surface area (Å²) in [5.41, 5.74) is 1.57. The predicted molar refractivity (Wildman–Crippen MR) is 131 cm³/mol. The number of carboxylic acids is 1. The van der Waals surface area contributed by atoms with Gasteiger partial charge in [0.25, 0.3) is 0 Å². The zero-order chi connectivity index (χ0) is 24.6. The first kappa shape index (κ1) is 24.7. The van der Waals surface area contributed by atoms with Crippen LogP contribution in [-0.4, -0.2) is 28.1 Å². The summed E-state index contributed by atoms with van der Waals surface area (Å²) in [4.78, 5) is 25.5. The molecule has 184 valence electrons. The van der Waals surface area contributed by atoms with E-state index in [1.807, 2.05) is 13.8 Å². The van der Waals surface area contributed by atoms with Crippen LogP contribution < -0.4 is 0 Å². The topological polar surface area (TPSA) is 74.6 Å². The first-order chi connectivity index (χ1) is 15.2. The van der Waals surface area contributed by atoms with Gasteiger partial charge in [-0.15, -0.1) is 0 Å². The molecule has 0 aromatic carbocycles. The average Bonchev–Trinajstić information content (AvgIpc) is 3.07. The zero-order valence-electron chi connectivity index (χ0n) is 21.7. The summed E-state index contributed by atoms with van der Waals surface area (Å²) in [6.45, 7) is 15.0. The number of allylic oxidation sites excluding steroid dienone is 4. The lowest BCUT2D eigenvalue weighted by Crippen LogP contribution is -2.54. The van der Waals surface area contributed by atoms with Gasteiger partial charge in [-0.3, -0.25) is 9.59 Å². The normalized spacial score (nSPS) is 44.4. The first-order valence-electron chi connectivity index (χ1n) is 13.0. The lowest BCUT2D eigenvalue weighted by molar-refractivity contribution is -0.147. The quantitative estimate of drug-likeness (QED) is 0.484. The van der Waals surface area contributed by atoms with Crippen LogP contribution in [0.5, 0.6) is 0 Å². The van der Waals surface area contributed by atoms with Crippen molar-refractivity contribution in [1.29, 1.82) is 0 Å². The van der Waals surface area contributed by atoms with Gasteiger partial charge in [-0.25, -0.2) is 0 Å². The minimum Gasteiger partial charge on any atom is -0.481 e. The summed E-state index contributed by atoms with van der Waals surface area (Å²) in [5, 5.41) is 21.4. The summed E-state index contributed by atoms with van der Waals surface area (Å²) in [5.74, 6) is -0.473. The average molecular weight is 457 g/mol. The van der Waals surface area contributed by atoms with E-state index in [4.69, 9.17) is 0 Å².